The third-order valence-electron chi connectivity index (χ3n) is 5.40. The maximum absolute atomic E-state index is 12.6. The number of aryl methyl sites for hydroxylation is 3. The Hall–Kier alpha value is -2.89. The number of hydrogen-bond donors (Lipinski definition) is 1. The van der Waals surface area contributed by atoms with Crippen LogP contribution in [-0.2, 0) is 6.54 Å². The maximum Gasteiger partial charge on any atom is 0.317 e. The molecule has 0 aliphatic carbocycles. The van der Waals surface area contributed by atoms with Crippen LogP contribution in [0.5, 0.6) is 11.5 Å². The number of nitrogens with one attached hydrogen (secondary N) is 1. The Morgan fingerprint density at radius 3 is 2.36 bits per heavy atom. The number of rotatable bonds is 3. The molecule has 0 spiro atoms. The van der Waals surface area contributed by atoms with Gasteiger partial charge >= 0.3 is 6.03 Å². The van der Waals surface area contributed by atoms with Gasteiger partial charge in [0.15, 0.2) is 11.5 Å². The minimum atomic E-state index is -0.0188. The molecular weight excluding hydrogens is 354 g/mol. The fourth-order valence-corrected chi connectivity index (χ4v) is 4.14. The molecule has 0 saturated carbocycles. The van der Waals surface area contributed by atoms with E-state index in [-0.39, 0.29) is 12.8 Å². The van der Waals surface area contributed by atoms with Crippen LogP contribution < -0.4 is 19.7 Å². The molecule has 148 valence electrons. The number of urea groups is 1. The standard InChI is InChI=1S/C22H27N3O3/c1-15-10-16(2)21(17(3)11-15)24-6-8-25(9-7-24)22(26)23-13-18-4-5-19-20(12-18)28-14-27-19/h4-5,10-12H,6-9,13-14H2,1-3H3,(H,23,26). The lowest BCUT2D eigenvalue weighted by Gasteiger charge is -2.37. The summed E-state index contributed by atoms with van der Waals surface area (Å²) in [6.07, 6.45) is 0. The highest BCUT2D eigenvalue weighted by atomic mass is 16.7. The summed E-state index contributed by atoms with van der Waals surface area (Å²) in [6, 6.07) is 10.2. The van der Waals surface area contributed by atoms with E-state index in [1.807, 2.05) is 23.1 Å². The Kier molecular flexibility index (Phi) is 5.03. The molecule has 6 nitrogen and oxygen atoms in total. The first-order valence-corrected chi connectivity index (χ1v) is 9.75. The number of fused-ring (bicyclic) bond motifs is 1. The Bertz CT molecular complexity index is 866. The van der Waals surface area contributed by atoms with Crippen LogP contribution in [0.2, 0.25) is 0 Å². The number of benzene rings is 2. The van der Waals surface area contributed by atoms with Gasteiger partial charge in [-0.1, -0.05) is 23.8 Å². The number of ether oxygens (including phenoxy) is 2. The van der Waals surface area contributed by atoms with Crippen LogP contribution in [0, 0.1) is 20.8 Å². The second-order valence-electron chi connectivity index (χ2n) is 7.57. The van der Waals surface area contributed by atoms with E-state index in [1.165, 1.54) is 22.4 Å². The molecule has 2 aromatic rings. The molecule has 0 aromatic heterocycles. The molecule has 4 rings (SSSR count). The largest absolute Gasteiger partial charge is 0.454 e. The summed E-state index contributed by atoms with van der Waals surface area (Å²) >= 11 is 0. The van der Waals surface area contributed by atoms with Crippen molar-refractivity contribution in [3.05, 3.63) is 52.6 Å². The Morgan fingerprint density at radius 2 is 1.64 bits per heavy atom. The molecule has 0 unspecified atom stereocenters. The summed E-state index contributed by atoms with van der Waals surface area (Å²) in [5, 5.41) is 3.02. The first-order valence-electron chi connectivity index (χ1n) is 9.75. The van der Waals surface area contributed by atoms with Crippen molar-refractivity contribution in [1.29, 1.82) is 0 Å². The molecule has 6 heteroatoms. The average Bonchev–Trinajstić information content (AvgIpc) is 3.13. The molecule has 2 amide bonds. The van der Waals surface area contributed by atoms with Crippen molar-refractivity contribution in [2.24, 2.45) is 0 Å². The molecule has 0 bridgehead atoms. The molecule has 2 heterocycles. The highest BCUT2D eigenvalue weighted by Crippen LogP contribution is 2.32. The first-order chi connectivity index (χ1) is 13.5. The summed E-state index contributed by atoms with van der Waals surface area (Å²) in [5.41, 5.74) is 6.21. The van der Waals surface area contributed by atoms with Gasteiger partial charge in [-0.25, -0.2) is 4.79 Å². The van der Waals surface area contributed by atoms with Gasteiger partial charge in [0.05, 0.1) is 0 Å². The fourth-order valence-electron chi connectivity index (χ4n) is 4.14. The molecule has 0 atom stereocenters. The van der Waals surface area contributed by atoms with Crippen LogP contribution in [0.1, 0.15) is 22.3 Å². The topological polar surface area (TPSA) is 54.0 Å². The summed E-state index contributed by atoms with van der Waals surface area (Å²) < 4.78 is 10.7. The zero-order chi connectivity index (χ0) is 19.7. The van der Waals surface area contributed by atoms with E-state index in [4.69, 9.17) is 9.47 Å². The van der Waals surface area contributed by atoms with Crippen LogP contribution >= 0.6 is 0 Å². The number of carbonyl (C=O) groups excluding carboxylic acids is 1. The molecule has 0 radical (unpaired) electrons. The van der Waals surface area contributed by atoms with E-state index in [0.717, 1.165) is 43.2 Å². The van der Waals surface area contributed by atoms with Crippen molar-refractivity contribution < 1.29 is 14.3 Å². The third-order valence-corrected chi connectivity index (χ3v) is 5.40. The van der Waals surface area contributed by atoms with E-state index < -0.39 is 0 Å². The Morgan fingerprint density at radius 1 is 0.964 bits per heavy atom. The molecular formula is C22H27N3O3. The van der Waals surface area contributed by atoms with E-state index in [2.05, 4.69) is 43.1 Å². The number of amides is 2. The lowest BCUT2D eigenvalue weighted by molar-refractivity contribution is 0.174. The summed E-state index contributed by atoms with van der Waals surface area (Å²) in [6.45, 7) is 10.3. The second-order valence-corrected chi connectivity index (χ2v) is 7.57. The first kappa shape index (κ1) is 18.5. The van der Waals surface area contributed by atoms with E-state index in [9.17, 15) is 4.79 Å². The lowest BCUT2D eigenvalue weighted by Crippen LogP contribution is -2.52. The Labute approximate surface area is 166 Å². The minimum absolute atomic E-state index is 0.0188. The predicted molar refractivity (Wildman–Crippen MR) is 109 cm³/mol. The van der Waals surface area contributed by atoms with Gasteiger partial charge in [-0.2, -0.15) is 0 Å². The fraction of sp³-hybridized carbons (Fsp3) is 0.409. The van der Waals surface area contributed by atoms with Crippen LogP contribution in [0.25, 0.3) is 0 Å². The average molecular weight is 381 g/mol. The van der Waals surface area contributed by atoms with Gasteiger partial charge < -0.3 is 24.6 Å². The summed E-state index contributed by atoms with van der Waals surface area (Å²) in [4.78, 5) is 16.9. The molecule has 2 aromatic carbocycles. The molecule has 1 fully saturated rings. The zero-order valence-electron chi connectivity index (χ0n) is 16.7. The predicted octanol–water partition coefficient (Wildman–Crippen LogP) is 3.37. The van der Waals surface area contributed by atoms with E-state index in [1.54, 1.807) is 0 Å². The smallest absolute Gasteiger partial charge is 0.317 e. The SMILES string of the molecule is Cc1cc(C)c(N2CCN(C(=O)NCc3ccc4c(c3)OCO4)CC2)c(C)c1. The quantitative estimate of drug-likeness (QED) is 0.886. The van der Waals surface area contributed by atoms with Crippen LogP contribution in [0.15, 0.2) is 30.3 Å². The number of piperazine rings is 1. The van der Waals surface area contributed by atoms with Crippen molar-refractivity contribution in [2.75, 3.05) is 37.9 Å². The summed E-state index contributed by atoms with van der Waals surface area (Å²) in [7, 11) is 0. The second kappa shape index (κ2) is 7.62. The van der Waals surface area contributed by atoms with Gasteiger partial charge in [-0.15, -0.1) is 0 Å². The zero-order valence-corrected chi connectivity index (χ0v) is 16.7. The number of carbonyl (C=O) groups is 1. The highest BCUT2D eigenvalue weighted by molar-refractivity contribution is 5.74. The van der Waals surface area contributed by atoms with Crippen molar-refractivity contribution in [3.8, 4) is 11.5 Å². The lowest BCUT2D eigenvalue weighted by atomic mass is 10.0. The highest BCUT2D eigenvalue weighted by Gasteiger charge is 2.23. The summed E-state index contributed by atoms with van der Waals surface area (Å²) in [5.74, 6) is 1.50. The van der Waals surface area contributed by atoms with Gasteiger partial charge in [0.1, 0.15) is 0 Å². The molecule has 1 N–H and O–H groups in total. The van der Waals surface area contributed by atoms with Crippen molar-refractivity contribution in [1.82, 2.24) is 10.2 Å². The van der Waals surface area contributed by atoms with E-state index in [0.29, 0.717) is 6.54 Å². The van der Waals surface area contributed by atoms with Crippen LogP contribution in [-0.4, -0.2) is 43.9 Å². The van der Waals surface area contributed by atoms with E-state index >= 15 is 0 Å². The monoisotopic (exact) mass is 381 g/mol. The van der Waals surface area contributed by atoms with Crippen molar-refractivity contribution >= 4 is 11.7 Å². The van der Waals surface area contributed by atoms with Crippen molar-refractivity contribution in [3.63, 3.8) is 0 Å². The molecule has 2 aliphatic heterocycles. The molecule has 1 saturated heterocycles. The molecule has 28 heavy (non-hydrogen) atoms. The number of nitrogens with zero attached hydrogens (tertiary/aromatic N) is 2. The number of anilines is 1. The van der Waals surface area contributed by atoms with Gasteiger partial charge in [0.2, 0.25) is 6.79 Å². The van der Waals surface area contributed by atoms with Crippen LogP contribution in [0.3, 0.4) is 0 Å². The van der Waals surface area contributed by atoms with Gasteiger partial charge in [-0.3, -0.25) is 0 Å². The molecule has 2 aliphatic rings. The number of hydrogen-bond acceptors (Lipinski definition) is 4. The third kappa shape index (κ3) is 3.72. The normalized spacial score (nSPS) is 15.7. The van der Waals surface area contributed by atoms with Crippen LogP contribution in [0.4, 0.5) is 10.5 Å². The van der Waals surface area contributed by atoms with Gasteiger partial charge in [0.25, 0.3) is 0 Å². The van der Waals surface area contributed by atoms with Gasteiger partial charge in [0, 0.05) is 38.4 Å². The van der Waals surface area contributed by atoms with Crippen molar-refractivity contribution in [2.45, 2.75) is 27.3 Å². The maximum atomic E-state index is 12.6. The van der Waals surface area contributed by atoms with Gasteiger partial charge in [-0.05, 0) is 49.6 Å². The minimum Gasteiger partial charge on any atom is -0.454 e. The Balaban J connectivity index is 1.32.